The number of aromatic nitrogens is 1. The molecule has 0 unspecified atom stereocenters. The minimum atomic E-state index is 1.08. The molecule has 0 aliphatic heterocycles. The van der Waals surface area contributed by atoms with E-state index in [1.807, 2.05) is 0 Å². The van der Waals surface area contributed by atoms with E-state index >= 15 is 0 Å². The fraction of sp³-hybridized carbons (Fsp3) is 0.182. The molecular formula is C22H19Br2N. The molecule has 0 spiro atoms. The fourth-order valence-corrected chi connectivity index (χ4v) is 4.12. The molecule has 4 aromatic rings. The Kier molecular flexibility index (Phi) is 4.70. The van der Waals surface area contributed by atoms with Crippen molar-refractivity contribution in [3.05, 3.63) is 75.2 Å². The van der Waals surface area contributed by atoms with Crippen molar-refractivity contribution in [2.75, 3.05) is 0 Å². The Balaban J connectivity index is 2.07. The molecule has 0 bridgehead atoms. The second-order valence-corrected chi connectivity index (χ2v) is 8.12. The number of benzene rings is 3. The molecule has 0 saturated heterocycles. The van der Waals surface area contributed by atoms with Crippen molar-refractivity contribution in [3.63, 3.8) is 0 Å². The first-order chi connectivity index (χ1) is 12.2. The van der Waals surface area contributed by atoms with Gasteiger partial charge in [-0.3, -0.25) is 0 Å². The summed E-state index contributed by atoms with van der Waals surface area (Å²) in [4.78, 5) is 0. The third kappa shape index (κ3) is 3.04. The van der Waals surface area contributed by atoms with Gasteiger partial charge in [-0.05, 0) is 80.6 Å². The average Bonchev–Trinajstić information content (AvgIpc) is 2.93. The van der Waals surface area contributed by atoms with Crippen molar-refractivity contribution in [2.24, 2.45) is 0 Å². The largest absolute Gasteiger partial charge is 0.309 e. The van der Waals surface area contributed by atoms with Crippen LogP contribution < -0.4 is 0 Å². The number of rotatable bonds is 4. The Morgan fingerprint density at radius 1 is 0.800 bits per heavy atom. The average molecular weight is 457 g/mol. The zero-order valence-corrected chi connectivity index (χ0v) is 17.3. The van der Waals surface area contributed by atoms with Gasteiger partial charge < -0.3 is 4.57 Å². The summed E-state index contributed by atoms with van der Waals surface area (Å²) >= 11 is 7.33. The highest BCUT2D eigenvalue weighted by atomic mass is 79.9. The highest BCUT2D eigenvalue weighted by Crippen LogP contribution is 2.37. The van der Waals surface area contributed by atoms with Crippen molar-refractivity contribution in [1.29, 1.82) is 0 Å². The molecule has 1 heterocycles. The molecule has 0 aliphatic carbocycles. The van der Waals surface area contributed by atoms with Crippen LogP contribution >= 0.6 is 31.9 Å². The monoisotopic (exact) mass is 455 g/mol. The lowest BCUT2D eigenvalue weighted by atomic mass is 10.1. The van der Waals surface area contributed by atoms with Gasteiger partial charge in [0.1, 0.15) is 0 Å². The van der Waals surface area contributed by atoms with Gasteiger partial charge in [-0.2, -0.15) is 0 Å². The number of unbranched alkanes of at least 4 members (excludes halogenated alkanes) is 1. The molecule has 0 aliphatic rings. The topological polar surface area (TPSA) is 4.93 Å². The number of nitrogens with zero attached hydrogens (tertiary/aromatic N) is 1. The fourth-order valence-electron chi connectivity index (χ4n) is 3.45. The van der Waals surface area contributed by atoms with Crippen molar-refractivity contribution >= 4 is 53.7 Å². The van der Waals surface area contributed by atoms with Crippen molar-refractivity contribution < 1.29 is 0 Å². The van der Waals surface area contributed by atoms with Crippen LogP contribution in [0.25, 0.3) is 27.5 Å². The van der Waals surface area contributed by atoms with E-state index in [2.05, 4.69) is 104 Å². The molecule has 3 heteroatoms. The van der Waals surface area contributed by atoms with Gasteiger partial charge in [-0.15, -0.1) is 0 Å². The Morgan fingerprint density at radius 2 is 1.52 bits per heavy atom. The van der Waals surface area contributed by atoms with Gasteiger partial charge in [0.25, 0.3) is 0 Å². The number of halogens is 2. The van der Waals surface area contributed by atoms with Crippen LogP contribution in [0.3, 0.4) is 0 Å². The van der Waals surface area contributed by atoms with Crippen molar-refractivity contribution in [1.82, 2.24) is 4.57 Å². The third-order valence-electron chi connectivity index (χ3n) is 4.71. The van der Waals surface area contributed by atoms with Gasteiger partial charge in [-0.1, -0.05) is 43.7 Å². The van der Waals surface area contributed by atoms with E-state index in [0.29, 0.717) is 0 Å². The second kappa shape index (κ2) is 6.97. The Morgan fingerprint density at radius 3 is 2.28 bits per heavy atom. The van der Waals surface area contributed by atoms with E-state index in [1.54, 1.807) is 0 Å². The summed E-state index contributed by atoms with van der Waals surface area (Å²) in [6, 6.07) is 22.0. The molecule has 0 saturated carbocycles. The minimum absolute atomic E-state index is 1.08. The molecule has 0 fully saturated rings. The maximum absolute atomic E-state index is 3.67. The quantitative estimate of drug-likeness (QED) is 0.297. The molecule has 1 aromatic heterocycles. The molecule has 0 atom stereocenters. The first-order valence-corrected chi connectivity index (χ1v) is 10.2. The van der Waals surface area contributed by atoms with Gasteiger partial charge >= 0.3 is 0 Å². The maximum atomic E-state index is 3.67. The molecule has 3 aromatic carbocycles. The number of hydrogen-bond donors (Lipinski definition) is 0. The molecule has 0 radical (unpaired) electrons. The van der Waals surface area contributed by atoms with Gasteiger partial charge in [0, 0.05) is 25.4 Å². The van der Waals surface area contributed by atoms with E-state index in [9.17, 15) is 0 Å². The maximum Gasteiger partial charge on any atom is 0.0553 e. The summed E-state index contributed by atoms with van der Waals surface area (Å²) in [5.74, 6) is 0. The zero-order chi connectivity index (χ0) is 17.4. The molecule has 1 nitrogen and oxygen atoms in total. The Hall–Kier alpha value is -1.58. The van der Waals surface area contributed by atoms with E-state index in [1.165, 1.54) is 45.9 Å². The van der Waals surface area contributed by atoms with Crippen LogP contribution in [0.1, 0.15) is 25.3 Å². The predicted molar refractivity (Wildman–Crippen MR) is 115 cm³/mol. The number of aryl methyl sites for hydroxylation is 1. The summed E-state index contributed by atoms with van der Waals surface area (Å²) in [7, 11) is 0. The van der Waals surface area contributed by atoms with Crippen LogP contribution in [0.15, 0.2) is 69.6 Å². The van der Waals surface area contributed by atoms with Gasteiger partial charge in [0.15, 0.2) is 0 Å². The van der Waals surface area contributed by atoms with Gasteiger partial charge in [-0.25, -0.2) is 0 Å². The van der Waals surface area contributed by atoms with Crippen LogP contribution in [0.2, 0.25) is 0 Å². The lowest BCUT2D eigenvalue weighted by Gasteiger charge is -2.09. The lowest BCUT2D eigenvalue weighted by molar-refractivity contribution is 0.795. The predicted octanol–water partition coefficient (Wildman–Crippen LogP) is 7.65. The van der Waals surface area contributed by atoms with E-state index in [-0.39, 0.29) is 0 Å². The van der Waals surface area contributed by atoms with E-state index < -0.39 is 0 Å². The van der Waals surface area contributed by atoms with Crippen LogP contribution in [0.5, 0.6) is 0 Å². The zero-order valence-electron chi connectivity index (χ0n) is 14.1. The lowest BCUT2D eigenvalue weighted by Crippen LogP contribution is -1.94. The minimum Gasteiger partial charge on any atom is -0.309 e. The highest BCUT2D eigenvalue weighted by molar-refractivity contribution is 9.13. The van der Waals surface area contributed by atoms with Gasteiger partial charge in [0.2, 0.25) is 0 Å². The molecule has 126 valence electrons. The Bertz CT molecular complexity index is 1050. The van der Waals surface area contributed by atoms with Crippen LogP contribution in [-0.2, 0) is 6.42 Å². The van der Waals surface area contributed by atoms with Crippen LogP contribution in [0, 0.1) is 0 Å². The van der Waals surface area contributed by atoms with Gasteiger partial charge in [0.05, 0.1) is 11.0 Å². The molecule has 0 amide bonds. The van der Waals surface area contributed by atoms with E-state index in [4.69, 9.17) is 0 Å². The number of fused-ring (bicyclic) bond motifs is 3. The van der Waals surface area contributed by atoms with Crippen LogP contribution in [-0.4, -0.2) is 4.57 Å². The summed E-state index contributed by atoms with van der Waals surface area (Å²) in [5, 5.41) is 2.57. The normalized spacial score (nSPS) is 11.5. The number of hydrogen-bond acceptors (Lipinski definition) is 0. The Labute approximate surface area is 164 Å². The third-order valence-corrected chi connectivity index (χ3v) is 6.55. The first-order valence-electron chi connectivity index (χ1n) is 8.66. The smallest absolute Gasteiger partial charge is 0.0553 e. The van der Waals surface area contributed by atoms with Crippen molar-refractivity contribution in [3.8, 4) is 5.69 Å². The molecule has 0 N–H and O–H groups in total. The standard InChI is InChI=1S/C22H19Br2N/c1-2-3-7-15-10-11-17-18-13-19(23)20(24)14-22(18)25(21(17)12-15)16-8-5-4-6-9-16/h4-6,8-14H,2-3,7H2,1H3. The summed E-state index contributed by atoms with van der Waals surface area (Å²) in [5.41, 5.74) is 5.11. The second-order valence-electron chi connectivity index (χ2n) is 6.41. The SMILES string of the molecule is CCCCc1ccc2c3cc(Br)c(Br)cc3n(-c3ccccc3)c2c1. The highest BCUT2D eigenvalue weighted by Gasteiger charge is 2.14. The van der Waals surface area contributed by atoms with Crippen LogP contribution in [0.4, 0.5) is 0 Å². The summed E-state index contributed by atoms with van der Waals surface area (Å²) < 4.78 is 4.53. The molecular weight excluding hydrogens is 438 g/mol. The molecule has 25 heavy (non-hydrogen) atoms. The first kappa shape index (κ1) is 16.9. The summed E-state index contributed by atoms with van der Waals surface area (Å²) in [6.07, 6.45) is 3.59. The number of para-hydroxylation sites is 1. The van der Waals surface area contributed by atoms with Crippen molar-refractivity contribution in [2.45, 2.75) is 26.2 Å². The van der Waals surface area contributed by atoms with E-state index in [0.717, 1.165) is 15.4 Å². The molecule has 4 rings (SSSR count). The summed E-state index contributed by atoms with van der Waals surface area (Å²) in [6.45, 7) is 2.24.